The van der Waals surface area contributed by atoms with Crippen LogP contribution in [-0.4, -0.2) is 11.5 Å². The molecular formula is C13H15ClO2. The predicted molar refractivity (Wildman–Crippen MR) is 65.3 cm³/mol. The van der Waals surface area contributed by atoms with Crippen LogP contribution < -0.4 is 0 Å². The number of halogens is 1. The van der Waals surface area contributed by atoms with Gasteiger partial charge in [-0.3, -0.25) is 0 Å². The maximum absolute atomic E-state index is 11.4. The Morgan fingerprint density at radius 2 is 2.06 bits per heavy atom. The molecule has 0 amide bonds. The van der Waals surface area contributed by atoms with Crippen LogP contribution >= 0.6 is 11.6 Å². The van der Waals surface area contributed by atoms with Crippen LogP contribution in [-0.2, 0) is 16.0 Å². The highest BCUT2D eigenvalue weighted by atomic mass is 35.5. The van der Waals surface area contributed by atoms with Gasteiger partial charge >= 0.3 is 5.97 Å². The Bertz CT molecular complexity index is 369. The summed E-state index contributed by atoms with van der Waals surface area (Å²) >= 11 is 5.56. The van der Waals surface area contributed by atoms with Crippen molar-refractivity contribution in [1.82, 2.24) is 0 Å². The van der Waals surface area contributed by atoms with Crippen LogP contribution in [0.15, 0.2) is 42.0 Å². The Morgan fingerprint density at radius 3 is 2.62 bits per heavy atom. The van der Waals surface area contributed by atoms with E-state index in [1.54, 1.807) is 13.8 Å². The Balaban J connectivity index is 2.54. The average molecular weight is 239 g/mol. The van der Waals surface area contributed by atoms with Gasteiger partial charge in [-0.15, -0.1) is 0 Å². The number of hydrogen-bond donors (Lipinski definition) is 0. The molecule has 0 bridgehead atoms. The first-order valence-corrected chi connectivity index (χ1v) is 5.59. The molecule has 0 spiro atoms. The lowest BCUT2D eigenvalue weighted by Gasteiger charge is -2.06. The molecule has 1 unspecified atom stereocenters. The van der Waals surface area contributed by atoms with Crippen molar-refractivity contribution in [3.05, 3.63) is 47.5 Å². The number of alkyl halides is 1. The molecule has 0 aliphatic heterocycles. The minimum Gasteiger partial charge on any atom is -0.443 e. The highest BCUT2D eigenvalue weighted by molar-refractivity contribution is 6.20. The maximum Gasteiger partial charge on any atom is 0.334 e. The van der Waals surface area contributed by atoms with E-state index in [0.29, 0.717) is 5.57 Å². The van der Waals surface area contributed by atoms with E-state index in [1.165, 1.54) is 0 Å². The number of carbonyl (C=O) groups excluding carboxylic acids is 1. The number of ether oxygens (including phenoxy) is 1. The topological polar surface area (TPSA) is 26.3 Å². The van der Waals surface area contributed by atoms with Crippen molar-refractivity contribution in [2.24, 2.45) is 0 Å². The summed E-state index contributed by atoms with van der Waals surface area (Å²) in [6, 6.07) is 9.93. The van der Waals surface area contributed by atoms with Crippen molar-refractivity contribution in [3.63, 3.8) is 0 Å². The van der Waals surface area contributed by atoms with Gasteiger partial charge in [-0.2, -0.15) is 0 Å². The second-order valence-corrected chi connectivity index (χ2v) is 4.14. The molecule has 0 N–H and O–H groups in total. The smallest absolute Gasteiger partial charge is 0.334 e. The first-order valence-electron chi connectivity index (χ1n) is 5.15. The van der Waals surface area contributed by atoms with Gasteiger partial charge in [0.05, 0.1) is 0 Å². The van der Waals surface area contributed by atoms with E-state index in [-0.39, 0.29) is 5.97 Å². The third-order valence-corrected chi connectivity index (χ3v) is 2.17. The van der Waals surface area contributed by atoms with Crippen molar-refractivity contribution in [2.45, 2.75) is 25.8 Å². The van der Waals surface area contributed by atoms with Gasteiger partial charge in [0.2, 0.25) is 0 Å². The first-order chi connectivity index (χ1) is 7.59. The van der Waals surface area contributed by atoms with Gasteiger partial charge in [0.15, 0.2) is 5.56 Å². The quantitative estimate of drug-likeness (QED) is 0.457. The van der Waals surface area contributed by atoms with Gasteiger partial charge < -0.3 is 4.74 Å². The van der Waals surface area contributed by atoms with E-state index in [4.69, 9.17) is 16.3 Å². The van der Waals surface area contributed by atoms with Gasteiger partial charge in [-0.1, -0.05) is 48.0 Å². The van der Waals surface area contributed by atoms with Gasteiger partial charge in [-0.05, 0) is 25.8 Å². The van der Waals surface area contributed by atoms with Crippen LogP contribution in [0.3, 0.4) is 0 Å². The van der Waals surface area contributed by atoms with E-state index in [2.05, 4.69) is 0 Å². The summed E-state index contributed by atoms with van der Waals surface area (Å²) < 4.78 is 4.86. The number of allylic oxidation sites excluding steroid dienone is 1. The number of hydrogen-bond acceptors (Lipinski definition) is 2. The van der Waals surface area contributed by atoms with E-state index in [0.717, 1.165) is 12.0 Å². The molecule has 1 aromatic rings. The maximum atomic E-state index is 11.4. The Morgan fingerprint density at radius 1 is 1.44 bits per heavy atom. The molecule has 16 heavy (non-hydrogen) atoms. The SMILES string of the molecule is CC(=CCc1ccccc1)C(=O)OC(C)Cl. The Kier molecular flexibility index (Phi) is 5.06. The lowest BCUT2D eigenvalue weighted by atomic mass is 10.1. The van der Waals surface area contributed by atoms with E-state index in [1.807, 2.05) is 36.4 Å². The average Bonchev–Trinajstić information content (AvgIpc) is 2.26. The van der Waals surface area contributed by atoms with Crippen LogP contribution in [0.5, 0.6) is 0 Å². The molecule has 0 aliphatic carbocycles. The number of esters is 1. The normalized spacial score (nSPS) is 13.3. The van der Waals surface area contributed by atoms with Crippen LogP contribution in [0, 0.1) is 0 Å². The molecule has 1 aromatic carbocycles. The fourth-order valence-electron chi connectivity index (χ4n) is 1.21. The predicted octanol–water partition coefficient (Wildman–Crippen LogP) is 3.30. The van der Waals surface area contributed by atoms with Crippen molar-refractivity contribution < 1.29 is 9.53 Å². The molecule has 0 fully saturated rings. The minimum atomic E-state index is -0.590. The van der Waals surface area contributed by atoms with Crippen molar-refractivity contribution in [3.8, 4) is 0 Å². The van der Waals surface area contributed by atoms with Gasteiger partial charge in [-0.25, -0.2) is 4.79 Å². The third kappa shape index (κ3) is 4.49. The summed E-state index contributed by atoms with van der Waals surface area (Å²) in [5.74, 6) is -0.363. The number of benzene rings is 1. The highest BCUT2D eigenvalue weighted by Gasteiger charge is 2.08. The third-order valence-electron chi connectivity index (χ3n) is 2.08. The first kappa shape index (κ1) is 12.8. The molecule has 0 saturated heterocycles. The lowest BCUT2D eigenvalue weighted by Crippen LogP contribution is -2.10. The molecule has 0 aliphatic rings. The van der Waals surface area contributed by atoms with Gasteiger partial charge in [0.1, 0.15) is 0 Å². The van der Waals surface area contributed by atoms with Crippen LogP contribution in [0.2, 0.25) is 0 Å². The molecular weight excluding hydrogens is 224 g/mol. The number of rotatable bonds is 4. The second kappa shape index (κ2) is 6.33. The van der Waals surface area contributed by atoms with Gasteiger partial charge in [0.25, 0.3) is 0 Å². The minimum absolute atomic E-state index is 0.363. The van der Waals surface area contributed by atoms with E-state index in [9.17, 15) is 4.79 Å². The molecule has 0 aromatic heterocycles. The van der Waals surface area contributed by atoms with Crippen molar-refractivity contribution >= 4 is 17.6 Å². The monoisotopic (exact) mass is 238 g/mol. The van der Waals surface area contributed by atoms with Crippen LogP contribution in [0.25, 0.3) is 0 Å². The fraction of sp³-hybridized carbons (Fsp3) is 0.308. The Hall–Kier alpha value is -1.28. The van der Waals surface area contributed by atoms with Crippen LogP contribution in [0.1, 0.15) is 19.4 Å². The van der Waals surface area contributed by atoms with E-state index >= 15 is 0 Å². The zero-order valence-electron chi connectivity index (χ0n) is 9.44. The molecule has 1 atom stereocenters. The zero-order chi connectivity index (χ0) is 12.0. The summed E-state index contributed by atoms with van der Waals surface area (Å²) in [6.45, 7) is 3.34. The largest absolute Gasteiger partial charge is 0.443 e. The Labute approximate surface area is 101 Å². The lowest BCUT2D eigenvalue weighted by molar-refractivity contribution is -0.140. The molecule has 3 heteroatoms. The molecule has 0 heterocycles. The molecule has 2 nitrogen and oxygen atoms in total. The summed E-state index contributed by atoms with van der Waals surface area (Å²) in [5.41, 5.74) is 1.15. The molecule has 0 saturated carbocycles. The number of carbonyl (C=O) groups is 1. The zero-order valence-corrected chi connectivity index (χ0v) is 10.2. The summed E-state index contributed by atoms with van der Waals surface area (Å²) in [7, 11) is 0. The fourth-order valence-corrected chi connectivity index (χ4v) is 1.29. The standard InChI is InChI=1S/C13H15ClO2/c1-10(13(15)16-11(2)14)8-9-12-6-4-3-5-7-12/h3-8,11H,9H2,1-2H3. The molecule has 0 radical (unpaired) electrons. The summed E-state index contributed by atoms with van der Waals surface area (Å²) in [6.07, 6.45) is 2.56. The molecule has 86 valence electrons. The van der Waals surface area contributed by atoms with Crippen LogP contribution in [0.4, 0.5) is 0 Å². The van der Waals surface area contributed by atoms with Crippen molar-refractivity contribution in [1.29, 1.82) is 0 Å². The second-order valence-electron chi connectivity index (χ2n) is 3.53. The summed E-state index contributed by atoms with van der Waals surface area (Å²) in [5, 5.41) is 0. The highest BCUT2D eigenvalue weighted by Crippen LogP contribution is 2.06. The summed E-state index contributed by atoms with van der Waals surface area (Å²) in [4.78, 5) is 11.4. The van der Waals surface area contributed by atoms with Crippen molar-refractivity contribution in [2.75, 3.05) is 0 Å². The van der Waals surface area contributed by atoms with E-state index < -0.39 is 5.56 Å². The van der Waals surface area contributed by atoms with Gasteiger partial charge in [0, 0.05) is 5.57 Å². The molecule has 1 rings (SSSR count).